The second kappa shape index (κ2) is 11.5. The Morgan fingerprint density at radius 1 is 1.17 bits per heavy atom. The smallest absolute Gasteiger partial charge is 0.254 e. The molecule has 2 amide bonds. The lowest BCUT2D eigenvalue weighted by atomic mass is 10.0. The van der Waals surface area contributed by atoms with Gasteiger partial charge in [-0.1, -0.05) is 29.8 Å². The van der Waals surface area contributed by atoms with Gasteiger partial charge in [0.15, 0.2) is 11.6 Å². The van der Waals surface area contributed by atoms with Crippen LogP contribution in [-0.4, -0.2) is 61.6 Å². The Balaban J connectivity index is 1.53. The maximum absolute atomic E-state index is 14.1. The number of ether oxygens (including phenoxy) is 2. The minimum atomic E-state index is -0.443. The number of para-hydroxylation sites is 1. The van der Waals surface area contributed by atoms with Gasteiger partial charge < -0.3 is 19.3 Å². The van der Waals surface area contributed by atoms with Gasteiger partial charge in [0.2, 0.25) is 5.91 Å². The Morgan fingerprint density at radius 2 is 2.00 bits per heavy atom. The molecule has 0 spiro atoms. The van der Waals surface area contributed by atoms with Crippen molar-refractivity contribution >= 4 is 23.2 Å². The topological polar surface area (TPSA) is 59.1 Å². The number of methoxy groups -OCH3 is 1. The van der Waals surface area contributed by atoms with Crippen molar-refractivity contribution in [3.63, 3.8) is 0 Å². The highest BCUT2D eigenvalue weighted by molar-refractivity contribution is 7.10. The molecule has 184 valence electrons. The van der Waals surface area contributed by atoms with Gasteiger partial charge >= 0.3 is 0 Å². The predicted octanol–water partition coefficient (Wildman–Crippen LogP) is 4.49. The maximum atomic E-state index is 14.1. The molecule has 3 aromatic rings. The molecule has 2 aromatic carbocycles. The molecule has 0 bridgehead atoms. The maximum Gasteiger partial charge on any atom is 0.254 e. The fraction of sp³-hybridized carbons (Fsp3) is 0.333. The molecule has 6 nitrogen and oxygen atoms in total. The summed E-state index contributed by atoms with van der Waals surface area (Å²) in [6.45, 7) is 3.09. The number of nitrogens with zero attached hydrogens (tertiary/aromatic N) is 2. The number of aryl methyl sites for hydroxylation is 1. The molecule has 0 unspecified atom stereocenters. The molecule has 4 rings (SSSR count). The van der Waals surface area contributed by atoms with Crippen LogP contribution in [-0.2, 0) is 16.0 Å². The van der Waals surface area contributed by atoms with Gasteiger partial charge in [-0.25, -0.2) is 4.39 Å². The molecule has 0 N–H and O–H groups in total. The Morgan fingerprint density at radius 3 is 2.77 bits per heavy atom. The van der Waals surface area contributed by atoms with Gasteiger partial charge in [0.25, 0.3) is 5.91 Å². The highest BCUT2D eigenvalue weighted by Crippen LogP contribution is 2.34. The number of rotatable bonds is 9. The van der Waals surface area contributed by atoms with E-state index >= 15 is 0 Å². The first-order chi connectivity index (χ1) is 17.0. The van der Waals surface area contributed by atoms with E-state index in [4.69, 9.17) is 9.47 Å². The highest BCUT2D eigenvalue weighted by atomic mass is 32.1. The van der Waals surface area contributed by atoms with Crippen molar-refractivity contribution in [3.8, 4) is 5.75 Å². The highest BCUT2D eigenvalue weighted by Gasteiger charge is 2.33. The van der Waals surface area contributed by atoms with Crippen LogP contribution in [0.1, 0.15) is 32.4 Å². The summed E-state index contributed by atoms with van der Waals surface area (Å²) in [6.07, 6.45) is 0.735. The SMILES string of the molecule is COCCN(CC(=O)N1CCc2sccc2[C@@H]1COc1ccccc1F)C(=O)c1cccc(C)c1. The van der Waals surface area contributed by atoms with Crippen molar-refractivity contribution in [2.45, 2.75) is 19.4 Å². The molecule has 1 atom stereocenters. The van der Waals surface area contributed by atoms with Crippen molar-refractivity contribution in [1.82, 2.24) is 9.80 Å². The van der Waals surface area contributed by atoms with E-state index in [2.05, 4.69) is 0 Å². The van der Waals surface area contributed by atoms with Gasteiger partial charge in [-0.3, -0.25) is 9.59 Å². The fourth-order valence-electron chi connectivity index (χ4n) is 4.27. The van der Waals surface area contributed by atoms with E-state index in [1.165, 1.54) is 15.8 Å². The van der Waals surface area contributed by atoms with E-state index in [-0.39, 0.29) is 36.8 Å². The minimum Gasteiger partial charge on any atom is -0.488 e. The number of thiophene rings is 1. The van der Waals surface area contributed by atoms with Crippen LogP contribution in [0.4, 0.5) is 4.39 Å². The molecule has 2 heterocycles. The van der Waals surface area contributed by atoms with Gasteiger partial charge in [0, 0.05) is 30.6 Å². The van der Waals surface area contributed by atoms with Gasteiger partial charge in [-0.15, -0.1) is 11.3 Å². The Bertz CT molecular complexity index is 1180. The monoisotopic (exact) mass is 496 g/mol. The number of hydrogen-bond acceptors (Lipinski definition) is 5. The lowest BCUT2D eigenvalue weighted by molar-refractivity contribution is -0.135. The number of benzene rings is 2. The predicted molar refractivity (Wildman–Crippen MR) is 133 cm³/mol. The van der Waals surface area contributed by atoms with Crippen LogP contribution in [0.25, 0.3) is 0 Å². The molecule has 0 radical (unpaired) electrons. The summed E-state index contributed by atoms with van der Waals surface area (Å²) in [5, 5.41) is 2.00. The summed E-state index contributed by atoms with van der Waals surface area (Å²) in [4.78, 5) is 31.3. The van der Waals surface area contributed by atoms with E-state index < -0.39 is 5.82 Å². The molecule has 1 aliphatic rings. The first kappa shape index (κ1) is 24.9. The van der Waals surface area contributed by atoms with Gasteiger partial charge in [-0.2, -0.15) is 0 Å². The summed E-state index contributed by atoms with van der Waals surface area (Å²) in [5.74, 6) is -0.688. The zero-order chi connectivity index (χ0) is 24.8. The zero-order valence-corrected chi connectivity index (χ0v) is 20.7. The normalized spacial score (nSPS) is 14.9. The van der Waals surface area contributed by atoms with Crippen LogP contribution in [0.2, 0.25) is 0 Å². The van der Waals surface area contributed by atoms with E-state index in [0.29, 0.717) is 25.3 Å². The van der Waals surface area contributed by atoms with E-state index in [9.17, 15) is 14.0 Å². The van der Waals surface area contributed by atoms with Crippen molar-refractivity contribution in [2.24, 2.45) is 0 Å². The number of halogens is 1. The van der Waals surface area contributed by atoms with E-state index in [1.807, 2.05) is 36.6 Å². The second-order valence-corrected chi connectivity index (χ2v) is 9.48. The molecule has 0 fully saturated rings. The van der Waals surface area contributed by atoms with Gasteiger partial charge in [0.05, 0.1) is 12.6 Å². The Kier molecular flexibility index (Phi) is 8.15. The molecule has 8 heteroatoms. The molecule has 0 saturated heterocycles. The molecular formula is C27H29FN2O4S. The van der Waals surface area contributed by atoms with Crippen LogP contribution in [0.3, 0.4) is 0 Å². The van der Waals surface area contributed by atoms with Crippen LogP contribution in [0, 0.1) is 12.7 Å². The molecule has 0 saturated carbocycles. The third kappa shape index (κ3) is 5.89. The van der Waals surface area contributed by atoms with Crippen molar-refractivity contribution in [3.05, 3.63) is 87.4 Å². The van der Waals surface area contributed by atoms with Crippen LogP contribution >= 0.6 is 11.3 Å². The number of carbonyl (C=O) groups is 2. The standard InChI is InChI=1S/C27H29FN2O4S/c1-19-6-5-7-20(16-19)27(32)29(13-14-33-2)17-26(31)30-12-10-25-21(11-15-35-25)23(30)18-34-24-9-4-3-8-22(24)28/h3-9,11,15-16,23H,10,12-14,17-18H2,1-2H3/t23-/m0/s1. The fourth-order valence-corrected chi connectivity index (χ4v) is 5.20. The number of carbonyl (C=O) groups excluding carboxylic acids is 2. The molecule has 35 heavy (non-hydrogen) atoms. The molecule has 1 aliphatic heterocycles. The summed E-state index contributed by atoms with van der Waals surface area (Å²) < 4.78 is 25.2. The number of amides is 2. The summed E-state index contributed by atoms with van der Waals surface area (Å²) in [7, 11) is 1.57. The number of hydrogen-bond donors (Lipinski definition) is 0. The van der Waals surface area contributed by atoms with Gasteiger partial charge in [-0.05, 0) is 54.6 Å². The summed E-state index contributed by atoms with van der Waals surface area (Å²) in [5.41, 5.74) is 2.52. The van der Waals surface area contributed by atoms with E-state index in [1.54, 1.807) is 47.6 Å². The van der Waals surface area contributed by atoms with E-state index in [0.717, 1.165) is 17.5 Å². The summed E-state index contributed by atoms with van der Waals surface area (Å²) >= 11 is 1.65. The average molecular weight is 497 g/mol. The van der Waals surface area contributed by atoms with Crippen molar-refractivity contribution < 1.29 is 23.5 Å². The average Bonchev–Trinajstić information content (AvgIpc) is 3.34. The van der Waals surface area contributed by atoms with Crippen LogP contribution in [0.15, 0.2) is 60.0 Å². The Hall–Kier alpha value is -3.23. The molecule has 0 aliphatic carbocycles. The summed E-state index contributed by atoms with van der Waals surface area (Å²) in [6, 6.07) is 15.2. The lowest BCUT2D eigenvalue weighted by Gasteiger charge is -2.37. The number of fused-ring (bicyclic) bond motifs is 1. The first-order valence-corrected chi connectivity index (χ1v) is 12.4. The lowest BCUT2D eigenvalue weighted by Crippen LogP contribution is -2.48. The third-order valence-corrected chi connectivity index (χ3v) is 7.09. The second-order valence-electron chi connectivity index (χ2n) is 8.48. The Labute approximate surface area is 208 Å². The quantitative estimate of drug-likeness (QED) is 0.438. The van der Waals surface area contributed by atoms with Crippen molar-refractivity contribution in [2.75, 3.05) is 40.0 Å². The largest absolute Gasteiger partial charge is 0.488 e. The van der Waals surface area contributed by atoms with Crippen LogP contribution < -0.4 is 4.74 Å². The third-order valence-electron chi connectivity index (χ3n) is 6.09. The zero-order valence-electron chi connectivity index (χ0n) is 19.9. The molecular weight excluding hydrogens is 467 g/mol. The van der Waals surface area contributed by atoms with Gasteiger partial charge in [0.1, 0.15) is 13.2 Å². The molecule has 1 aromatic heterocycles. The van der Waals surface area contributed by atoms with Crippen LogP contribution in [0.5, 0.6) is 5.75 Å². The first-order valence-electron chi connectivity index (χ1n) is 11.6. The minimum absolute atomic E-state index is 0.0776. The van der Waals surface area contributed by atoms with Crippen molar-refractivity contribution in [1.29, 1.82) is 0 Å².